The zero-order chi connectivity index (χ0) is 10.2. The molecular formula is C13H24O. The van der Waals surface area contributed by atoms with E-state index in [4.69, 9.17) is 4.74 Å². The zero-order valence-electron chi connectivity index (χ0n) is 9.94. The second kappa shape index (κ2) is 3.52. The van der Waals surface area contributed by atoms with Gasteiger partial charge in [-0.2, -0.15) is 0 Å². The van der Waals surface area contributed by atoms with E-state index in [2.05, 4.69) is 20.8 Å². The van der Waals surface area contributed by atoms with Crippen molar-refractivity contribution in [2.24, 2.45) is 16.7 Å². The van der Waals surface area contributed by atoms with Crippen molar-refractivity contribution in [2.45, 2.75) is 52.9 Å². The van der Waals surface area contributed by atoms with Crippen LogP contribution in [0.3, 0.4) is 0 Å². The maximum absolute atomic E-state index is 5.60. The number of ether oxygens (including phenoxy) is 1. The lowest BCUT2D eigenvalue weighted by molar-refractivity contribution is 0.0561. The van der Waals surface area contributed by atoms with E-state index in [9.17, 15) is 0 Å². The van der Waals surface area contributed by atoms with Crippen LogP contribution in [0.15, 0.2) is 0 Å². The third kappa shape index (κ3) is 1.98. The average molecular weight is 196 g/mol. The van der Waals surface area contributed by atoms with Crippen LogP contribution in [0.25, 0.3) is 0 Å². The molecule has 0 N–H and O–H groups in total. The second-order valence-corrected chi connectivity index (χ2v) is 6.46. The van der Waals surface area contributed by atoms with Crippen LogP contribution in [0.2, 0.25) is 0 Å². The highest BCUT2D eigenvalue weighted by Gasteiger charge is 2.42. The van der Waals surface area contributed by atoms with Crippen LogP contribution in [-0.4, -0.2) is 13.2 Å². The van der Waals surface area contributed by atoms with Crippen molar-refractivity contribution in [1.82, 2.24) is 0 Å². The van der Waals surface area contributed by atoms with E-state index in [1.807, 2.05) is 0 Å². The van der Waals surface area contributed by atoms with Crippen LogP contribution >= 0.6 is 0 Å². The van der Waals surface area contributed by atoms with Gasteiger partial charge in [0.1, 0.15) is 0 Å². The van der Waals surface area contributed by atoms with Gasteiger partial charge in [0.25, 0.3) is 0 Å². The van der Waals surface area contributed by atoms with Gasteiger partial charge in [0.2, 0.25) is 0 Å². The summed E-state index contributed by atoms with van der Waals surface area (Å²) >= 11 is 0. The first-order valence-electron chi connectivity index (χ1n) is 6.10. The van der Waals surface area contributed by atoms with Crippen LogP contribution in [0.1, 0.15) is 52.9 Å². The quantitative estimate of drug-likeness (QED) is 0.575. The van der Waals surface area contributed by atoms with Crippen molar-refractivity contribution in [1.29, 1.82) is 0 Å². The summed E-state index contributed by atoms with van der Waals surface area (Å²) in [5.74, 6) is 0.915. The molecule has 2 aliphatic rings. The summed E-state index contributed by atoms with van der Waals surface area (Å²) in [5.41, 5.74) is 1.08. The van der Waals surface area contributed by atoms with Gasteiger partial charge >= 0.3 is 0 Å². The summed E-state index contributed by atoms with van der Waals surface area (Å²) < 4.78 is 5.60. The Hall–Kier alpha value is -0.0400. The van der Waals surface area contributed by atoms with Gasteiger partial charge in [-0.1, -0.05) is 27.2 Å². The molecule has 1 aliphatic heterocycles. The fourth-order valence-corrected chi connectivity index (χ4v) is 3.20. The SMILES string of the molecule is CC(C)(C)C1CCCC2(CCOC2)C1. The molecule has 1 aliphatic carbocycles. The standard InChI is InChI=1S/C13H24O/c1-12(2,3)11-5-4-6-13(9-11)7-8-14-10-13/h11H,4-10H2,1-3H3. The minimum absolute atomic E-state index is 0.496. The molecule has 1 saturated carbocycles. The molecule has 1 spiro atoms. The van der Waals surface area contributed by atoms with E-state index in [1.165, 1.54) is 32.1 Å². The highest BCUT2D eigenvalue weighted by Crippen LogP contribution is 2.49. The summed E-state index contributed by atoms with van der Waals surface area (Å²) in [5, 5.41) is 0. The lowest BCUT2D eigenvalue weighted by Gasteiger charge is -2.42. The van der Waals surface area contributed by atoms with Crippen molar-refractivity contribution in [3.63, 3.8) is 0 Å². The number of rotatable bonds is 0. The topological polar surface area (TPSA) is 9.23 Å². The van der Waals surface area contributed by atoms with Crippen LogP contribution in [-0.2, 0) is 4.74 Å². The van der Waals surface area contributed by atoms with E-state index < -0.39 is 0 Å². The Labute approximate surface area is 88.2 Å². The van der Waals surface area contributed by atoms with Crippen molar-refractivity contribution in [2.75, 3.05) is 13.2 Å². The first-order chi connectivity index (χ1) is 6.52. The highest BCUT2D eigenvalue weighted by atomic mass is 16.5. The molecule has 0 amide bonds. The first-order valence-corrected chi connectivity index (χ1v) is 6.10. The Bertz CT molecular complexity index is 196. The molecule has 2 rings (SSSR count). The molecule has 1 heterocycles. The van der Waals surface area contributed by atoms with Gasteiger partial charge in [-0.3, -0.25) is 0 Å². The Balaban J connectivity index is 2.03. The van der Waals surface area contributed by atoms with Gasteiger partial charge in [0.05, 0.1) is 6.61 Å². The maximum atomic E-state index is 5.60. The zero-order valence-corrected chi connectivity index (χ0v) is 9.94. The smallest absolute Gasteiger partial charge is 0.0523 e. The molecular weight excluding hydrogens is 172 g/mol. The van der Waals surface area contributed by atoms with Crippen LogP contribution in [0, 0.1) is 16.7 Å². The van der Waals surface area contributed by atoms with Gasteiger partial charge in [-0.15, -0.1) is 0 Å². The Morgan fingerprint density at radius 2 is 2.00 bits per heavy atom. The Morgan fingerprint density at radius 1 is 1.21 bits per heavy atom. The highest BCUT2D eigenvalue weighted by molar-refractivity contribution is 4.92. The van der Waals surface area contributed by atoms with E-state index >= 15 is 0 Å². The van der Waals surface area contributed by atoms with Crippen molar-refractivity contribution < 1.29 is 4.74 Å². The van der Waals surface area contributed by atoms with E-state index in [0.717, 1.165) is 19.1 Å². The monoisotopic (exact) mass is 196 g/mol. The predicted octanol–water partition coefficient (Wildman–Crippen LogP) is 3.63. The third-order valence-corrected chi connectivity index (χ3v) is 4.35. The minimum atomic E-state index is 0.496. The molecule has 2 fully saturated rings. The summed E-state index contributed by atoms with van der Waals surface area (Å²) in [6, 6.07) is 0. The maximum Gasteiger partial charge on any atom is 0.0523 e. The minimum Gasteiger partial charge on any atom is -0.381 e. The lowest BCUT2D eigenvalue weighted by Crippen LogP contribution is -2.34. The average Bonchev–Trinajstić information content (AvgIpc) is 2.52. The van der Waals surface area contributed by atoms with Crippen molar-refractivity contribution >= 4 is 0 Å². The Morgan fingerprint density at radius 3 is 2.57 bits per heavy atom. The molecule has 1 heteroatoms. The molecule has 2 unspecified atom stereocenters. The van der Waals surface area contributed by atoms with Gasteiger partial charge in [-0.05, 0) is 42.4 Å². The third-order valence-electron chi connectivity index (χ3n) is 4.35. The number of hydrogen-bond donors (Lipinski definition) is 0. The molecule has 1 saturated heterocycles. The molecule has 0 aromatic heterocycles. The molecule has 2 atom stereocenters. The molecule has 0 radical (unpaired) electrons. The fraction of sp³-hybridized carbons (Fsp3) is 1.00. The lowest BCUT2D eigenvalue weighted by atomic mass is 9.62. The summed E-state index contributed by atoms with van der Waals surface area (Å²) in [6.45, 7) is 9.24. The van der Waals surface area contributed by atoms with E-state index in [1.54, 1.807) is 0 Å². The van der Waals surface area contributed by atoms with Crippen LogP contribution in [0.4, 0.5) is 0 Å². The molecule has 0 aromatic carbocycles. The van der Waals surface area contributed by atoms with Crippen molar-refractivity contribution in [3.05, 3.63) is 0 Å². The molecule has 0 aromatic rings. The molecule has 0 bridgehead atoms. The van der Waals surface area contributed by atoms with Crippen LogP contribution < -0.4 is 0 Å². The normalized spacial score (nSPS) is 39.2. The van der Waals surface area contributed by atoms with Gasteiger partial charge in [-0.25, -0.2) is 0 Å². The molecule has 1 nitrogen and oxygen atoms in total. The molecule has 14 heavy (non-hydrogen) atoms. The van der Waals surface area contributed by atoms with Crippen molar-refractivity contribution in [3.8, 4) is 0 Å². The second-order valence-electron chi connectivity index (χ2n) is 6.46. The van der Waals surface area contributed by atoms with Gasteiger partial charge in [0.15, 0.2) is 0 Å². The fourth-order valence-electron chi connectivity index (χ4n) is 3.20. The van der Waals surface area contributed by atoms with Crippen LogP contribution in [0.5, 0.6) is 0 Å². The molecule has 82 valence electrons. The summed E-state index contributed by atoms with van der Waals surface area (Å²) in [4.78, 5) is 0. The van der Waals surface area contributed by atoms with E-state index in [-0.39, 0.29) is 0 Å². The summed E-state index contributed by atoms with van der Waals surface area (Å²) in [6.07, 6.45) is 7.01. The van der Waals surface area contributed by atoms with Gasteiger partial charge in [0, 0.05) is 6.61 Å². The largest absolute Gasteiger partial charge is 0.381 e. The Kier molecular flexibility index (Phi) is 2.63. The predicted molar refractivity (Wildman–Crippen MR) is 59.3 cm³/mol. The number of hydrogen-bond acceptors (Lipinski definition) is 1. The van der Waals surface area contributed by atoms with E-state index in [0.29, 0.717) is 10.8 Å². The van der Waals surface area contributed by atoms with Gasteiger partial charge < -0.3 is 4.74 Å². The first kappa shape index (κ1) is 10.5. The summed E-state index contributed by atoms with van der Waals surface area (Å²) in [7, 11) is 0.